The Morgan fingerprint density at radius 1 is 1.03 bits per heavy atom. The van der Waals surface area contributed by atoms with Gasteiger partial charge in [-0.3, -0.25) is 14.5 Å². The highest BCUT2D eigenvalue weighted by Crippen LogP contribution is 2.37. The van der Waals surface area contributed by atoms with Crippen molar-refractivity contribution < 1.29 is 23.9 Å². The molecule has 0 aliphatic carbocycles. The highest BCUT2D eigenvalue weighted by atomic mass is 16.7. The quantitative estimate of drug-likeness (QED) is 0.606. The van der Waals surface area contributed by atoms with Crippen molar-refractivity contribution in [3.05, 3.63) is 59.2 Å². The lowest BCUT2D eigenvalue weighted by Gasteiger charge is -2.25. The number of hydrogen-bond acceptors (Lipinski definition) is 5. The van der Waals surface area contributed by atoms with E-state index in [0.717, 1.165) is 10.5 Å². The molecule has 180 valence electrons. The zero-order valence-electron chi connectivity index (χ0n) is 20.2. The number of imide groups is 1. The first-order chi connectivity index (χ1) is 16.1. The van der Waals surface area contributed by atoms with Gasteiger partial charge in [-0.2, -0.15) is 0 Å². The molecule has 34 heavy (non-hydrogen) atoms. The van der Waals surface area contributed by atoms with Gasteiger partial charge in [0.15, 0.2) is 11.5 Å². The number of ether oxygens (including phenoxy) is 2. The van der Waals surface area contributed by atoms with Crippen molar-refractivity contribution in [1.29, 1.82) is 0 Å². The summed E-state index contributed by atoms with van der Waals surface area (Å²) in [6.45, 7) is 9.67. The molecule has 0 bridgehead atoms. The Bertz CT molecular complexity index is 1110. The molecule has 4 rings (SSSR count). The van der Waals surface area contributed by atoms with E-state index in [1.165, 1.54) is 5.56 Å². The molecule has 0 spiro atoms. The molecule has 0 aromatic heterocycles. The molecule has 1 saturated heterocycles. The van der Waals surface area contributed by atoms with E-state index in [4.69, 9.17) is 9.47 Å². The largest absolute Gasteiger partial charge is 0.454 e. The summed E-state index contributed by atoms with van der Waals surface area (Å²) in [5.74, 6) is 0.747. The van der Waals surface area contributed by atoms with Gasteiger partial charge in [-0.05, 0) is 47.6 Å². The van der Waals surface area contributed by atoms with Crippen LogP contribution in [-0.2, 0) is 15.1 Å². The number of rotatable bonds is 7. The molecule has 2 aromatic carbocycles. The fourth-order valence-corrected chi connectivity index (χ4v) is 4.33. The first-order valence-corrected chi connectivity index (χ1v) is 11.5. The Labute approximate surface area is 199 Å². The maximum atomic E-state index is 13.3. The van der Waals surface area contributed by atoms with Crippen molar-refractivity contribution in [2.75, 3.05) is 13.3 Å². The Morgan fingerprint density at radius 2 is 1.68 bits per heavy atom. The zero-order valence-corrected chi connectivity index (χ0v) is 20.2. The maximum absolute atomic E-state index is 13.3. The van der Waals surface area contributed by atoms with E-state index in [9.17, 15) is 14.4 Å². The molecule has 8 heteroatoms. The van der Waals surface area contributed by atoms with Crippen molar-refractivity contribution in [1.82, 2.24) is 15.5 Å². The normalized spacial score (nSPS) is 20.1. The SMILES string of the molecule is CC(C)c1ccc([C@@H](NC(=O)CN2C(=O)N[C@@](C)(c3ccc4c(c3)OCO4)C2=O)C(C)C)cc1. The maximum Gasteiger partial charge on any atom is 0.325 e. The van der Waals surface area contributed by atoms with Crippen molar-refractivity contribution in [2.45, 2.75) is 52.1 Å². The monoisotopic (exact) mass is 465 g/mol. The second-order valence-electron chi connectivity index (χ2n) is 9.63. The number of fused-ring (bicyclic) bond motifs is 1. The van der Waals surface area contributed by atoms with Crippen LogP contribution in [-0.4, -0.2) is 36.1 Å². The minimum absolute atomic E-state index is 0.110. The van der Waals surface area contributed by atoms with Crippen molar-refractivity contribution in [3.63, 3.8) is 0 Å². The Kier molecular flexibility index (Phi) is 6.25. The topological polar surface area (TPSA) is 97.0 Å². The predicted molar refractivity (Wildman–Crippen MR) is 126 cm³/mol. The molecule has 2 atom stereocenters. The lowest BCUT2D eigenvalue weighted by atomic mass is 9.91. The van der Waals surface area contributed by atoms with E-state index in [1.807, 2.05) is 26.0 Å². The van der Waals surface area contributed by atoms with Crippen molar-refractivity contribution in [2.24, 2.45) is 5.92 Å². The van der Waals surface area contributed by atoms with Crippen LogP contribution in [0.5, 0.6) is 11.5 Å². The summed E-state index contributed by atoms with van der Waals surface area (Å²) in [6.07, 6.45) is 0. The van der Waals surface area contributed by atoms with E-state index < -0.39 is 23.4 Å². The molecule has 0 saturated carbocycles. The van der Waals surface area contributed by atoms with Gasteiger partial charge in [0.2, 0.25) is 12.7 Å². The van der Waals surface area contributed by atoms with Crippen LogP contribution in [0.4, 0.5) is 4.79 Å². The zero-order chi connectivity index (χ0) is 24.6. The fraction of sp³-hybridized carbons (Fsp3) is 0.423. The minimum atomic E-state index is -1.30. The number of carbonyl (C=O) groups excluding carboxylic acids is 3. The summed E-state index contributed by atoms with van der Waals surface area (Å²) in [6, 6.07) is 12.4. The lowest BCUT2D eigenvalue weighted by molar-refractivity contribution is -0.135. The van der Waals surface area contributed by atoms with Gasteiger partial charge < -0.3 is 20.1 Å². The number of hydrogen-bond donors (Lipinski definition) is 2. The number of nitrogens with one attached hydrogen (secondary N) is 2. The van der Waals surface area contributed by atoms with Crippen LogP contribution in [0.1, 0.15) is 63.3 Å². The second-order valence-corrected chi connectivity index (χ2v) is 9.63. The lowest BCUT2D eigenvalue weighted by Crippen LogP contribution is -2.44. The van der Waals surface area contributed by atoms with Gasteiger partial charge in [-0.25, -0.2) is 4.79 Å². The number of carbonyl (C=O) groups is 3. The molecule has 1 fully saturated rings. The average molecular weight is 466 g/mol. The molecule has 2 aliphatic rings. The van der Waals surface area contributed by atoms with E-state index >= 15 is 0 Å². The third-order valence-corrected chi connectivity index (χ3v) is 6.47. The highest BCUT2D eigenvalue weighted by Gasteiger charge is 2.50. The van der Waals surface area contributed by atoms with Crippen LogP contribution >= 0.6 is 0 Å². The van der Waals surface area contributed by atoms with E-state index in [0.29, 0.717) is 23.0 Å². The van der Waals surface area contributed by atoms with Crippen molar-refractivity contribution in [3.8, 4) is 11.5 Å². The van der Waals surface area contributed by atoms with Crippen LogP contribution in [0.2, 0.25) is 0 Å². The first kappa shape index (κ1) is 23.6. The molecule has 0 unspecified atom stereocenters. The van der Waals surface area contributed by atoms with Gasteiger partial charge in [-0.1, -0.05) is 58.0 Å². The van der Waals surface area contributed by atoms with E-state index in [1.54, 1.807) is 25.1 Å². The summed E-state index contributed by atoms with van der Waals surface area (Å²) < 4.78 is 10.7. The molecule has 8 nitrogen and oxygen atoms in total. The van der Waals surface area contributed by atoms with Gasteiger partial charge >= 0.3 is 6.03 Å². The average Bonchev–Trinajstić information content (AvgIpc) is 3.35. The third-order valence-electron chi connectivity index (χ3n) is 6.47. The Morgan fingerprint density at radius 3 is 2.32 bits per heavy atom. The molecule has 2 N–H and O–H groups in total. The number of nitrogens with zero attached hydrogens (tertiary/aromatic N) is 1. The number of amides is 4. The van der Waals surface area contributed by atoms with Gasteiger partial charge in [0, 0.05) is 0 Å². The van der Waals surface area contributed by atoms with E-state index in [2.05, 4.69) is 36.6 Å². The summed E-state index contributed by atoms with van der Waals surface area (Å²) in [5.41, 5.74) is 1.46. The van der Waals surface area contributed by atoms with Crippen molar-refractivity contribution >= 4 is 17.8 Å². The van der Waals surface area contributed by atoms with Crippen LogP contribution < -0.4 is 20.1 Å². The van der Waals surface area contributed by atoms with E-state index in [-0.39, 0.29) is 25.3 Å². The Hall–Kier alpha value is -3.55. The van der Waals surface area contributed by atoms with Gasteiger partial charge in [0.1, 0.15) is 12.1 Å². The summed E-state index contributed by atoms with van der Waals surface area (Å²) in [4.78, 5) is 39.8. The molecule has 2 heterocycles. The molecule has 4 amide bonds. The minimum Gasteiger partial charge on any atom is -0.454 e. The first-order valence-electron chi connectivity index (χ1n) is 11.5. The predicted octanol–water partition coefficient (Wildman–Crippen LogP) is 3.82. The summed E-state index contributed by atoms with van der Waals surface area (Å²) in [5, 5.41) is 5.73. The van der Waals surface area contributed by atoms with Crippen LogP contribution in [0.15, 0.2) is 42.5 Å². The summed E-state index contributed by atoms with van der Waals surface area (Å²) >= 11 is 0. The van der Waals surface area contributed by atoms with Gasteiger partial charge in [-0.15, -0.1) is 0 Å². The van der Waals surface area contributed by atoms with Crippen LogP contribution in [0.3, 0.4) is 0 Å². The van der Waals surface area contributed by atoms with Crippen LogP contribution in [0, 0.1) is 5.92 Å². The number of urea groups is 1. The second kappa shape index (κ2) is 9.00. The molecule has 0 radical (unpaired) electrons. The summed E-state index contributed by atoms with van der Waals surface area (Å²) in [7, 11) is 0. The molecule has 2 aliphatic heterocycles. The number of benzene rings is 2. The molecule has 2 aromatic rings. The molecular formula is C26H31N3O5. The van der Waals surface area contributed by atoms with Crippen LogP contribution in [0.25, 0.3) is 0 Å². The molecular weight excluding hydrogens is 434 g/mol. The Balaban J connectivity index is 1.47. The third kappa shape index (κ3) is 4.32. The highest BCUT2D eigenvalue weighted by molar-refractivity contribution is 6.09. The van der Waals surface area contributed by atoms with Gasteiger partial charge in [0.25, 0.3) is 5.91 Å². The van der Waals surface area contributed by atoms with Gasteiger partial charge in [0.05, 0.1) is 6.04 Å². The standard InChI is InChI=1S/C26H31N3O5/c1-15(2)17-6-8-18(9-7-17)23(16(3)4)27-22(30)13-29-24(31)26(5,28-25(29)32)19-10-11-20-21(12-19)34-14-33-20/h6-12,15-16,23H,13-14H2,1-5H3,(H,27,30)(H,28,32)/t23-,26-/m0/s1. The fourth-order valence-electron chi connectivity index (χ4n) is 4.33. The smallest absolute Gasteiger partial charge is 0.325 e.